The van der Waals surface area contributed by atoms with Crippen LogP contribution in [-0.4, -0.2) is 47.6 Å². The number of urea groups is 1. The first-order valence-electron chi connectivity index (χ1n) is 11.7. The van der Waals surface area contributed by atoms with Crippen LogP contribution in [-0.2, 0) is 0 Å². The monoisotopic (exact) mass is 464 g/mol. The lowest BCUT2D eigenvalue weighted by Gasteiger charge is -2.31. The van der Waals surface area contributed by atoms with Gasteiger partial charge in [0.05, 0.1) is 12.5 Å². The lowest BCUT2D eigenvalue weighted by molar-refractivity contribution is 0.174. The van der Waals surface area contributed by atoms with Crippen LogP contribution in [0.4, 0.5) is 10.5 Å². The zero-order valence-corrected chi connectivity index (χ0v) is 19.2. The Labute approximate surface area is 198 Å². The van der Waals surface area contributed by atoms with Crippen molar-refractivity contribution in [2.45, 2.75) is 38.5 Å². The van der Waals surface area contributed by atoms with Crippen LogP contribution in [0.15, 0.2) is 46.9 Å². The van der Waals surface area contributed by atoms with E-state index in [0.717, 1.165) is 42.7 Å². The SMILES string of the molecule is CCCCOc1ccc(NC(=O)N2CCCC(c3nnc(-c4ccc5c(c4)OCO5)o3)C2)cc1. The summed E-state index contributed by atoms with van der Waals surface area (Å²) >= 11 is 0. The number of nitrogens with one attached hydrogen (secondary N) is 1. The van der Waals surface area contributed by atoms with Gasteiger partial charge in [-0.2, -0.15) is 0 Å². The van der Waals surface area contributed by atoms with Crippen molar-refractivity contribution < 1.29 is 23.4 Å². The van der Waals surface area contributed by atoms with Gasteiger partial charge in [0.2, 0.25) is 18.6 Å². The predicted molar refractivity (Wildman–Crippen MR) is 125 cm³/mol. The molecule has 178 valence electrons. The number of hydrogen-bond acceptors (Lipinski definition) is 7. The smallest absolute Gasteiger partial charge is 0.321 e. The zero-order valence-electron chi connectivity index (χ0n) is 19.2. The summed E-state index contributed by atoms with van der Waals surface area (Å²) in [6.07, 6.45) is 3.86. The van der Waals surface area contributed by atoms with Gasteiger partial charge in [0, 0.05) is 24.3 Å². The number of ether oxygens (including phenoxy) is 3. The number of fused-ring (bicyclic) bond motifs is 1. The van der Waals surface area contributed by atoms with E-state index in [-0.39, 0.29) is 18.7 Å². The fourth-order valence-electron chi connectivity index (χ4n) is 4.08. The number of nitrogens with zero attached hydrogens (tertiary/aromatic N) is 3. The number of unbranched alkanes of at least 4 members (excludes halogenated alkanes) is 1. The average molecular weight is 465 g/mol. The Bertz CT molecular complexity index is 1130. The minimum absolute atomic E-state index is 0.0101. The molecular weight excluding hydrogens is 436 g/mol. The van der Waals surface area contributed by atoms with Gasteiger partial charge in [0.25, 0.3) is 0 Å². The van der Waals surface area contributed by atoms with E-state index in [1.807, 2.05) is 42.5 Å². The summed E-state index contributed by atoms with van der Waals surface area (Å²) in [7, 11) is 0. The Morgan fingerprint density at radius 2 is 2.00 bits per heavy atom. The molecule has 3 aromatic rings. The molecule has 5 rings (SSSR count). The van der Waals surface area contributed by atoms with Gasteiger partial charge in [-0.25, -0.2) is 4.79 Å². The maximum Gasteiger partial charge on any atom is 0.321 e. The number of carbonyl (C=O) groups excluding carboxylic acids is 1. The van der Waals surface area contributed by atoms with Crippen molar-refractivity contribution in [2.75, 3.05) is 31.8 Å². The van der Waals surface area contributed by atoms with Crippen molar-refractivity contribution in [1.29, 1.82) is 0 Å². The molecule has 3 heterocycles. The first-order valence-corrected chi connectivity index (χ1v) is 11.7. The molecule has 1 aromatic heterocycles. The van der Waals surface area contributed by atoms with E-state index in [2.05, 4.69) is 22.4 Å². The molecular formula is C25H28N4O5. The number of likely N-dealkylation sites (tertiary alicyclic amines) is 1. The number of rotatable bonds is 7. The van der Waals surface area contributed by atoms with Crippen LogP contribution in [0.25, 0.3) is 11.5 Å². The summed E-state index contributed by atoms with van der Waals surface area (Å²) in [5.41, 5.74) is 1.51. The van der Waals surface area contributed by atoms with Crippen LogP contribution in [0.5, 0.6) is 17.2 Å². The Balaban J connectivity index is 1.19. The van der Waals surface area contributed by atoms with Crippen LogP contribution in [0.3, 0.4) is 0 Å². The largest absolute Gasteiger partial charge is 0.494 e. The molecule has 1 N–H and O–H groups in total. The van der Waals surface area contributed by atoms with Crippen molar-refractivity contribution in [3.8, 4) is 28.7 Å². The molecule has 9 nitrogen and oxygen atoms in total. The maximum absolute atomic E-state index is 12.9. The van der Waals surface area contributed by atoms with Crippen molar-refractivity contribution in [2.24, 2.45) is 0 Å². The highest BCUT2D eigenvalue weighted by Gasteiger charge is 2.29. The van der Waals surface area contributed by atoms with E-state index in [4.69, 9.17) is 18.6 Å². The number of carbonyl (C=O) groups is 1. The number of amides is 2. The Morgan fingerprint density at radius 3 is 2.85 bits per heavy atom. The number of benzene rings is 2. The molecule has 0 aliphatic carbocycles. The summed E-state index contributed by atoms with van der Waals surface area (Å²) in [4.78, 5) is 14.7. The topological polar surface area (TPSA) is 99.0 Å². The summed E-state index contributed by atoms with van der Waals surface area (Å²) in [6.45, 7) is 4.24. The minimum Gasteiger partial charge on any atom is -0.494 e. The zero-order chi connectivity index (χ0) is 23.3. The molecule has 1 unspecified atom stereocenters. The van der Waals surface area contributed by atoms with Crippen LogP contribution >= 0.6 is 0 Å². The van der Waals surface area contributed by atoms with Gasteiger partial charge < -0.3 is 28.8 Å². The number of hydrogen-bond donors (Lipinski definition) is 1. The number of piperidine rings is 1. The highest BCUT2D eigenvalue weighted by atomic mass is 16.7. The second-order valence-electron chi connectivity index (χ2n) is 8.46. The quantitative estimate of drug-likeness (QED) is 0.488. The molecule has 1 fully saturated rings. The molecule has 0 bridgehead atoms. The average Bonchev–Trinajstić information content (AvgIpc) is 3.55. The van der Waals surface area contributed by atoms with Crippen molar-refractivity contribution in [3.05, 3.63) is 48.4 Å². The maximum atomic E-state index is 12.9. The van der Waals surface area contributed by atoms with Gasteiger partial charge in [-0.05, 0) is 61.7 Å². The number of aromatic nitrogens is 2. The lowest BCUT2D eigenvalue weighted by atomic mass is 9.98. The van der Waals surface area contributed by atoms with E-state index < -0.39 is 0 Å². The standard InChI is InChI=1S/C25H28N4O5/c1-2-3-13-31-20-9-7-19(8-10-20)26-25(30)29-12-4-5-18(15-29)24-28-27-23(34-24)17-6-11-21-22(14-17)33-16-32-21/h6-11,14,18H,2-5,12-13,15-16H2,1H3,(H,26,30). The Kier molecular flexibility index (Phi) is 6.51. The van der Waals surface area contributed by atoms with Gasteiger partial charge in [-0.1, -0.05) is 13.3 Å². The first-order chi connectivity index (χ1) is 16.7. The van der Waals surface area contributed by atoms with E-state index in [1.165, 1.54) is 0 Å². The third-order valence-electron chi connectivity index (χ3n) is 5.99. The van der Waals surface area contributed by atoms with Crippen LogP contribution in [0.2, 0.25) is 0 Å². The first kappa shape index (κ1) is 22.1. The second kappa shape index (κ2) is 10.0. The van der Waals surface area contributed by atoms with Gasteiger partial charge in [-0.15, -0.1) is 10.2 Å². The molecule has 2 amide bonds. The fraction of sp³-hybridized carbons (Fsp3) is 0.400. The van der Waals surface area contributed by atoms with E-state index >= 15 is 0 Å². The van der Waals surface area contributed by atoms with Gasteiger partial charge in [0.1, 0.15) is 5.75 Å². The second-order valence-corrected chi connectivity index (χ2v) is 8.46. The summed E-state index contributed by atoms with van der Waals surface area (Å²) in [6, 6.07) is 12.9. The summed E-state index contributed by atoms with van der Waals surface area (Å²) in [5.74, 6) is 3.13. The molecule has 0 radical (unpaired) electrons. The van der Waals surface area contributed by atoms with E-state index in [1.54, 1.807) is 4.90 Å². The molecule has 9 heteroatoms. The van der Waals surface area contributed by atoms with Gasteiger partial charge in [0.15, 0.2) is 11.5 Å². The molecule has 2 aliphatic heterocycles. The van der Waals surface area contributed by atoms with Gasteiger partial charge in [-0.3, -0.25) is 0 Å². The fourth-order valence-corrected chi connectivity index (χ4v) is 4.08. The summed E-state index contributed by atoms with van der Waals surface area (Å²) in [5, 5.41) is 11.5. The van der Waals surface area contributed by atoms with Crippen molar-refractivity contribution in [1.82, 2.24) is 15.1 Å². The molecule has 1 atom stereocenters. The lowest BCUT2D eigenvalue weighted by Crippen LogP contribution is -2.41. The van der Waals surface area contributed by atoms with Crippen molar-refractivity contribution in [3.63, 3.8) is 0 Å². The third-order valence-corrected chi connectivity index (χ3v) is 5.99. The number of anilines is 1. The van der Waals surface area contributed by atoms with E-state index in [0.29, 0.717) is 43.0 Å². The molecule has 34 heavy (non-hydrogen) atoms. The third kappa shape index (κ3) is 4.93. The highest BCUT2D eigenvalue weighted by molar-refractivity contribution is 5.89. The molecule has 0 spiro atoms. The summed E-state index contributed by atoms with van der Waals surface area (Å²) < 4.78 is 22.4. The van der Waals surface area contributed by atoms with Crippen LogP contribution in [0.1, 0.15) is 44.4 Å². The molecule has 2 aromatic carbocycles. The van der Waals surface area contributed by atoms with Crippen LogP contribution in [0, 0.1) is 0 Å². The minimum atomic E-state index is -0.139. The molecule has 2 aliphatic rings. The molecule has 1 saturated heterocycles. The molecule has 0 saturated carbocycles. The predicted octanol–water partition coefficient (Wildman–Crippen LogP) is 5.06. The normalized spacial score (nSPS) is 17.0. The Hall–Kier alpha value is -3.75. The highest BCUT2D eigenvalue weighted by Crippen LogP contribution is 2.36. The van der Waals surface area contributed by atoms with E-state index in [9.17, 15) is 4.79 Å². The van der Waals surface area contributed by atoms with Crippen LogP contribution < -0.4 is 19.5 Å². The Morgan fingerprint density at radius 1 is 1.15 bits per heavy atom. The van der Waals surface area contributed by atoms with Crippen molar-refractivity contribution >= 4 is 11.7 Å². The van der Waals surface area contributed by atoms with Gasteiger partial charge >= 0.3 is 6.03 Å².